The van der Waals surface area contributed by atoms with Gasteiger partial charge in [-0.3, -0.25) is 9.59 Å². The third-order valence-corrected chi connectivity index (χ3v) is 5.05. The van der Waals surface area contributed by atoms with Crippen molar-refractivity contribution < 1.29 is 9.59 Å². The van der Waals surface area contributed by atoms with E-state index in [1.165, 1.54) is 0 Å². The first-order chi connectivity index (χ1) is 10.6. The van der Waals surface area contributed by atoms with Crippen LogP contribution in [0.1, 0.15) is 40.7 Å². The number of fused-ring (bicyclic) bond motifs is 2. The fourth-order valence-electron chi connectivity index (χ4n) is 3.35. The maximum Gasteiger partial charge on any atom is 0.235 e. The van der Waals surface area contributed by atoms with E-state index < -0.39 is 5.41 Å². The second-order valence-electron chi connectivity index (χ2n) is 5.99. The molecule has 3 nitrogen and oxygen atoms in total. The van der Waals surface area contributed by atoms with E-state index >= 15 is 0 Å². The first-order valence-corrected chi connectivity index (χ1v) is 7.74. The van der Waals surface area contributed by atoms with E-state index in [4.69, 9.17) is 11.6 Å². The smallest absolute Gasteiger partial charge is 0.235 e. The molecule has 2 aromatic rings. The van der Waals surface area contributed by atoms with Gasteiger partial charge in [-0.05, 0) is 60.9 Å². The van der Waals surface area contributed by atoms with Gasteiger partial charge in [-0.2, -0.15) is 0 Å². The number of ketones is 1. The van der Waals surface area contributed by atoms with Gasteiger partial charge in [0.25, 0.3) is 0 Å². The van der Waals surface area contributed by atoms with Gasteiger partial charge in [-0.1, -0.05) is 18.0 Å². The van der Waals surface area contributed by atoms with Gasteiger partial charge in [0, 0.05) is 21.8 Å². The van der Waals surface area contributed by atoms with Crippen LogP contribution >= 0.6 is 11.6 Å². The Balaban J connectivity index is 1.74. The Bertz CT molecular complexity index is 791. The minimum Gasteiger partial charge on any atom is -0.325 e. The predicted octanol–water partition coefficient (Wildman–Crippen LogP) is 3.94. The van der Waals surface area contributed by atoms with Crippen molar-refractivity contribution in [3.05, 3.63) is 64.2 Å². The standard InChI is InChI=1S/C18H14ClNO2/c19-13-5-2-11(3-6-13)16(21)12-4-7-15-14(10-12)18(8-1-9-18)17(22)20-15/h2-7,10H,1,8-9H2,(H,20,22). The first-order valence-electron chi connectivity index (χ1n) is 7.36. The van der Waals surface area contributed by atoms with E-state index in [0.717, 1.165) is 30.5 Å². The maximum atomic E-state index is 12.6. The van der Waals surface area contributed by atoms with Crippen molar-refractivity contribution in [2.75, 3.05) is 5.32 Å². The lowest BCUT2D eigenvalue weighted by molar-refractivity contribution is -0.123. The summed E-state index contributed by atoms with van der Waals surface area (Å²) in [6, 6.07) is 12.3. The molecule has 0 saturated heterocycles. The average Bonchev–Trinajstić information content (AvgIpc) is 2.78. The molecule has 110 valence electrons. The van der Waals surface area contributed by atoms with Crippen LogP contribution in [0.2, 0.25) is 5.02 Å². The van der Waals surface area contributed by atoms with Gasteiger partial charge in [0.1, 0.15) is 0 Å². The zero-order valence-corrected chi connectivity index (χ0v) is 12.6. The number of amides is 1. The highest BCUT2D eigenvalue weighted by Gasteiger charge is 2.51. The van der Waals surface area contributed by atoms with Crippen molar-refractivity contribution in [3.8, 4) is 0 Å². The van der Waals surface area contributed by atoms with Crippen LogP contribution in [-0.2, 0) is 10.2 Å². The van der Waals surface area contributed by atoms with E-state index in [2.05, 4.69) is 5.32 Å². The number of benzene rings is 2. The average molecular weight is 312 g/mol. The summed E-state index contributed by atoms with van der Waals surface area (Å²) in [6.45, 7) is 0. The van der Waals surface area contributed by atoms with Gasteiger partial charge >= 0.3 is 0 Å². The second-order valence-corrected chi connectivity index (χ2v) is 6.42. The molecule has 0 bridgehead atoms. The summed E-state index contributed by atoms with van der Waals surface area (Å²) in [5.41, 5.74) is 2.64. The normalized spacial score (nSPS) is 17.8. The SMILES string of the molecule is O=C(c1ccc(Cl)cc1)c1ccc2c(c1)C1(CCC1)C(=O)N2. The first kappa shape index (κ1) is 13.5. The molecule has 4 rings (SSSR count). The Hall–Kier alpha value is -2.13. The molecule has 0 unspecified atom stereocenters. The highest BCUT2D eigenvalue weighted by molar-refractivity contribution is 6.30. The fraction of sp³-hybridized carbons (Fsp3) is 0.222. The number of halogens is 1. The summed E-state index contributed by atoms with van der Waals surface area (Å²) in [5.74, 6) is 0.0260. The summed E-state index contributed by atoms with van der Waals surface area (Å²) in [4.78, 5) is 24.8. The molecule has 1 aliphatic heterocycles. The van der Waals surface area contributed by atoms with E-state index in [0.29, 0.717) is 16.1 Å². The minimum atomic E-state index is -0.397. The molecule has 1 amide bonds. The van der Waals surface area contributed by atoms with Gasteiger partial charge in [-0.25, -0.2) is 0 Å². The van der Waals surface area contributed by atoms with Crippen LogP contribution in [0.5, 0.6) is 0 Å². The molecule has 0 atom stereocenters. The highest BCUT2D eigenvalue weighted by Crippen LogP contribution is 2.51. The Morgan fingerprint density at radius 2 is 1.73 bits per heavy atom. The number of hydrogen-bond donors (Lipinski definition) is 1. The van der Waals surface area contributed by atoms with Gasteiger partial charge in [0.05, 0.1) is 5.41 Å². The zero-order valence-electron chi connectivity index (χ0n) is 11.9. The van der Waals surface area contributed by atoms with Crippen LogP contribution in [0.15, 0.2) is 42.5 Å². The number of nitrogens with one attached hydrogen (secondary N) is 1. The summed E-state index contributed by atoms with van der Waals surface area (Å²) in [6.07, 6.45) is 2.79. The molecule has 2 aromatic carbocycles. The van der Waals surface area contributed by atoms with Crippen molar-refractivity contribution in [3.63, 3.8) is 0 Å². The van der Waals surface area contributed by atoms with E-state index in [-0.39, 0.29) is 11.7 Å². The van der Waals surface area contributed by atoms with Crippen LogP contribution in [0, 0.1) is 0 Å². The molecule has 4 heteroatoms. The van der Waals surface area contributed by atoms with Crippen LogP contribution in [0.3, 0.4) is 0 Å². The molecule has 1 spiro atoms. The molecule has 1 N–H and O–H groups in total. The largest absolute Gasteiger partial charge is 0.325 e. The van der Waals surface area contributed by atoms with Crippen LogP contribution < -0.4 is 5.32 Å². The van der Waals surface area contributed by atoms with Crippen LogP contribution in [-0.4, -0.2) is 11.7 Å². The summed E-state index contributed by atoms with van der Waals surface area (Å²) < 4.78 is 0. The lowest BCUT2D eigenvalue weighted by Gasteiger charge is -2.36. The van der Waals surface area contributed by atoms with Gasteiger partial charge in [-0.15, -0.1) is 0 Å². The molecule has 0 aromatic heterocycles. The number of carbonyl (C=O) groups is 2. The Kier molecular flexibility index (Phi) is 2.88. The van der Waals surface area contributed by atoms with Crippen molar-refractivity contribution in [2.24, 2.45) is 0 Å². The lowest BCUT2D eigenvalue weighted by atomic mass is 9.65. The van der Waals surface area contributed by atoms with Gasteiger partial charge in [0.2, 0.25) is 5.91 Å². The summed E-state index contributed by atoms with van der Waals surface area (Å²) in [5, 5.41) is 3.54. The Morgan fingerprint density at radius 3 is 2.36 bits per heavy atom. The molecule has 1 aliphatic carbocycles. The van der Waals surface area contributed by atoms with Crippen LogP contribution in [0.4, 0.5) is 5.69 Å². The summed E-state index contributed by atoms with van der Waals surface area (Å²) >= 11 is 5.86. The van der Waals surface area contributed by atoms with Gasteiger partial charge in [0.15, 0.2) is 5.78 Å². The maximum absolute atomic E-state index is 12.6. The monoisotopic (exact) mass is 311 g/mol. The van der Waals surface area contributed by atoms with Crippen molar-refractivity contribution in [2.45, 2.75) is 24.7 Å². The molecule has 1 fully saturated rings. The van der Waals surface area contributed by atoms with Crippen molar-refractivity contribution in [1.82, 2.24) is 0 Å². The number of hydrogen-bond acceptors (Lipinski definition) is 2. The number of anilines is 1. The van der Waals surface area contributed by atoms with E-state index in [9.17, 15) is 9.59 Å². The van der Waals surface area contributed by atoms with Crippen molar-refractivity contribution in [1.29, 1.82) is 0 Å². The third kappa shape index (κ3) is 1.82. The summed E-state index contributed by atoms with van der Waals surface area (Å²) in [7, 11) is 0. The Morgan fingerprint density at radius 1 is 1.05 bits per heavy atom. The Labute approximate surface area is 133 Å². The molecule has 1 saturated carbocycles. The number of rotatable bonds is 2. The second kappa shape index (κ2) is 4.68. The molecule has 0 radical (unpaired) electrons. The minimum absolute atomic E-state index is 0.0479. The number of carbonyl (C=O) groups excluding carboxylic acids is 2. The van der Waals surface area contributed by atoms with E-state index in [1.807, 2.05) is 12.1 Å². The molecular weight excluding hydrogens is 298 g/mol. The topological polar surface area (TPSA) is 46.2 Å². The zero-order chi connectivity index (χ0) is 15.3. The van der Waals surface area contributed by atoms with Crippen molar-refractivity contribution >= 4 is 29.0 Å². The van der Waals surface area contributed by atoms with Crippen LogP contribution in [0.25, 0.3) is 0 Å². The molecule has 1 heterocycles. The quantitative estimate of drug-likeness (QED) is 0.854. The molecule has 22 heavy (non-hydrogen) atoms. The fourth-order valence-corrected chi connectivity index (χ4v) is 3.48. The van der Waals surface area contributed by atoms with Gasteiger partial charge < -0.3 is 5.32 Å². The molecule has 2 aliphatic rings. The lowest BCUT2D eigenvalue weighted by Crippen LogP contribution is -2.40. The van der Waals surface area contributed by atoms with E-state index in [1.54, 1.807) is 30.3 Å². The highest BCUT2D eigenvalue weighted by atomic mass is 35.5. The predicted molar refractivity (Wildman–Crippen MR) is 85.5 cm³/mol. The third-order valence-electron chi connectivity index (χ3n) is 4.79. The molecular formula is C18H14ClNO2.